The summed E-state index contributed by atoms with van der Waals surface area (Å²) in [6.45, 7) is 4.29. The van der Waals surface area contributed by atoms with Gasteiger partial charge < -0.3 is 15.2 Å². The molecule has 0 atom stereocenters. The summed E-state index contributed by atoms with van der Waals surface area (Å²) in [7, 11) is 0. The smallest absolute Gasteiger partial charge is 0.294 e. The highest BCUT2D eigenvalue weighted by atomic mass is 35.5. The zero-order chi connectivity index (χ0) is 20.0. The van der Waals surface area contributed by atoms with Gasteiger partial charge in [-0.25, -0.2) is 0 Å². The number of amides is 3. The zero-order valence-corrected chi connectivity index (χ0v) is 16.7. The van der Waals surface area contributed by atoms with Crippen molar-refractivity contribution in [1.29, 1.82) is 0 Å². The number of rotatable bonds is 8. The summed E-state index contributed by atoms with van der Waals surface area (Å²) >= 11 is 6.73. The van der Waals surface area contributed by atoms with Crippen LogP contribution in [0.3, 0.4) is 0 Å². The molecule has 1 heterocycles. The normalized spacial score (nSPS) is 15.5. The van der Waals surface area contributed by atoms with Gasteiger partial charge in [-0.1, -0.05) is 24.9 Å². The van der Waals surface area contributed by atoms with Crippen LogP contribution in [0.25, 0.3) is 6.08 Å². The second-order valence-corrected chi connectivity index (χ2v) is 7.15. The summed E-state index contributed by atoms with van der Waals surface area (Å²) in [6, 6.07) is 2.99. The Kier molecular flexibility index (Phi) is 7.55. The maximum Gasteiger partial charge on any atom is 0.294 e. The van der Waals surface area contributed by atoms with Crippen LogP contribution in [0.2, 0.25) is 5.02 Å². The topological polar surface area (TPSA) is 95.9 Å². The summed E-state index contributed by atoms with van der Waals surface area (Å²) in [6.07, 6.45) is 3.24. The number of nitrogens with one attached hydrogen (secondary N) is 1. The third kappa shape index (κ3) is 5.40. The number of phenolic OH excluding ortho intramolecular Hbond substituents is 1. The molecule has 1 aromatic rings. The van der Waals surface area contributed by atoms with E-state index >= 15 is 0 Å². The van der Waals surface area contributed by atoms with Crippen LogP contribution in [0.4, 0.5) is 4.79 Å². The lowest BCUT2D eigenvalue weighted by molar-refractivity contribution is -0.129. The Morgan fingerprint density at radius 3 is 2.78 bits per heavy atom. The first-order valence-corrected chi connectivity index (χ1v) is 9.74. The molecule has 0 aromatic heterocycles. The van der Waals surface area contributed by atoms with Gasteiger partial charge in [0.1, 0.15) is 6.54 Å². The Bertz CT molecular complexity index is 781. The van der Waals surface area contributed by atoms with Gasteiger partial charge in [-0.2, -0.15) is 0 Å². The highest BCUT2D eigenvalue weighted by molar-refractivity contribution is 8.18. The number of imide groups is 1. The molecule has 0 bridgehead atoms. The van der Waals surface area contributed by atoms with Crippen molar-refractivity contribution in [3.63, 3.8) is 0 Å². The molecule has 1 aliphatic rings. The van der Waals surface area contributed by atoms with Crippen molar-refractivity contribution in [2.45, 2.75) is 26.7 Å². The first kappa shape index (κ1) is 21.1. The van der Waals surface area contributed by atoms with Crippen molar-refractivity contribution >= 4 is 46.5 Å². The molecular weight excluding hydrogens is 392 g/mol. The van der Waals surface area contributed by atoms with Crippen LogP contribution in [-0.4, -0.2) is 46.8 Å². The minimum Gasteiger partial charge on any atom is -0.503 e. The standard InChI is InChI=1S/C18H21ClN2O5S/c1-3-5-6-20-15(22)10-21-17(24)14(27-18(21)25)9-11-7-12(19)16(23)13(8-11)26-4-2/h7-9,23H,3-6,10H2,1-2H3,(H,20,22)/b14-9-. The van der Waals surface area contributed by atoms with Gasteiger partial charge in [0.25, 0.3) is 11.1 Å². The van der Waals surface area contributed by atoms with E-state index in [4.69, 9.17) is 16.3 Å². The number of ether oxygens (including phenoxy) is 1. The molecule has 1 aliphatic heterocycles. The summed E-state index contributed by atoms with van der Waals surface area (Å²) in [4.78, 5) is 37.5. The van der Waals surface area contributed by atoms with Crippen molar-refractivity contribution in [3.8, 4) is 11.5 Å². The summed E-state index contributed by atoms with van der Waals surface area (Å²) in [5, 5.41) is 12.1. The molecular formula is C18H21ClN2O5S. The fraction of sp³-hybridized carbons (Fsp3) is 0.389. The molecule has 2 rings (SSSR count). The van der Waals surface area contributed by atoms with Crippen LogP contribution in [0.5, 0.6) is 11.5 Å². The lowest BCUT2D eigenvalue weighted by Gasteiger charge is -2.12. The number of unbranched alkanes of at least 4 members (excludes halogenated alkanes) is 1. The number of benzene rings is 1. The van der Waals surface area contributed by atoms with Crippen LogP contribution in [0.1, 0.15) is 32.3 Å². The van der Waals surface area contributed by atoms with E-state index in [2.05, 4.69) is 5.32 Å². The molecule has 3 amide bonds. The van der Waals surface area contributed by atoms with Crippen molar-refractivity contribution in [2.75, 3.05) is 19.7 Å². The average Bonchev–Trinajstić information content (AvgIpc) is 2.87. The lowest BCUT2D eigenvalue weighted by atomic mass is 10.2. The maximum atomic E-state index is 12.5. The summed E-state index contributed by atoms with van der Waals surface area (Å²) in [5.41, 5.74) is 0.499. The van der Waals surface area contributed by atoms with Gasteiger partial charge >= 0.3 is 0 Å². The number of phenols is 1. The number of thioether (sulfide) groups is 1. The minimum absolute atomic E-state index is 0.0710. The molecule has 7 nitrogen and oxygen atoms in total. The van der Waals surface area contributed by atoms with Crippen LogP contribution in [0.15, 0.2) is 17.0 Å². The van der Waals surface area contributed by atoms with Crippen LogP contribution in [0, 0.1) is 0 Å². The average molecular weight is 413 g/mol. The van der Waals surface area contributed by atoms with E-state index in [1.54, 1.807) is 6.92 Å². The van der Waals surface area contributed by atoms with E-state index in [0.29, 0.717) is 18.7 Å². The van der Waals surface area contributed by atoms with Crippen molar-refractivity contribution in [1.82, 2.24) is 10.2 Å². The van der Waals surface area contributed by atoms with Gasteiger partial charge in [0, 0.05) is 6.54 Å². The maximum absolute atomic E-state index is 12.5. The van der Waals surface area contributed by atoms with Crippen LogP contribution in [-0.2, 0) is 9.59 Å². The number of carbonyl (C=O) groups is 3. The number of nitrogens with zero attached hydrogens (tertiary/aromatic N) is 1. The third-order valence-electron chi connectivity index (χ3n) is 3.68. The highest BCUT2D eigenvalue weighted by Gasteiger charge is 2.36. The number of hydrogen-bond donors (Lipinski definition) is 2. The predicted octanol–water partition coefficient (Wildman–Crippen LogP) is 3.40. The summed E-state index contributed by atoms with van der Waals surface area (Å²) in [5.74, 6) is -0.922. The number of aromatic hydroxyl groups is 1. The van der Waals surface area contributed by atoms with E-state index in [1.165, 1.54) is 18.2 Å². The van der Waals surface area contributed by atoms with Gasteiger partial charge in [0.05, 0.1) is 16.5 Å². The van der Waals surface area contributed by atoms with E-state index < -0.39 is 11.1 Å². The Morgan fingerprint density at radius 1 is 1.37 bits per heavy atom. The molecule has 1 saturated heterocycles. The second-order valence-electron chi connectivity index (χ2n) is 5.75. The first-order chi connectivity index (χ1) is 12.9. The third-order valence-corrected chi connectivity index (χ3v) is 4.87. The fourth-order valence-electron chi connectivity index (χ4n) is 2.33. The van der Waals surface area contributed by atoms with Gasteiger partial charge in [0.2, 0.25) is 5.91 Å². The Hall–Kier alpha value is -2.19. The van der Waals surface area contributed by atoms with Gasteiger partial charge in [-0.15, -0.1) is 0 Å². The Balaban J connectivity index is 2.15. The first-order valence-electron chi connectivity index (χ1n) is 8.54. The van der Waals surface area contributed by atoms with Gasteiger partial charge in [-0.3, -0.25) is 19.3 Å². The summed E-state index contributed by atoms with van der Waals surface area (Å²) < 4.78 is 5.31. The van der Waals surface area contributed by atoms with Crippen molar-refractivity contribution in [2.24, 2.45) is 0 Å². The van der Waals surface area contributed by atoms with Crippen LogP contribution < -0.4 is 10.1 Å². The highest BCUT2D eigenvalue weighted by Crippen LogP contribution is 2.38. The Morgan fingerprint density at radius 2 is 2.11 bits per heavy atom. The lowest BCUT2D eigenvalue weighted by Crippen LogP contribution is -2.39. The molecule has 0 saturated carbocycles. The zero-order valence-electron chi connectivity index (χ0n) is 15.1. The molecule has 1 aromatic carbocycles. The molecule has 9 heteroatoms. The largest absolute Gasteiger partial charge is 0.503 e. The quantitative estimate of drug-likeness (QED) is 0.502. The number of hydrogen-bond acceptors (Lipinski definition) is 6. The molecule has 27 heavy (non-hydrogen) atoms. The van der Waals surface area contributed by atoms with Gasteiger partial charge in [0.15, 0.2) is 11.5 Å². The van der Waals surface area contributed by atoms with Crippen LogP contribution >= 0.6 is 23.4 Å². The molecule has 0 unspecified atom stereocenters. The molecule has 0 spiro atoms. The predicted molar refractivity (Wildman–Crippen MR) is 105 cm³/mol. The van der Waals surface area contributed by atoms with E-state index in [-0.39, 0.29) is 33.9 Å². The van der Waals surface area contributed by atoms with E-state index in [1.807, 2.05) is 6.92 Å². The molecule has 1 fully saturated rings. The molecule has 0 aliphatic carbocycles. The second kappa shape index (κ2) is 9.66. The SMILES string of the molecule is CCCCNC(=O)CN1C(=O)S/C(=C\c2cc(Cl)c(O)c(OCC)c2)C1=O. The molecule has 146 valence electrons. The van der Waals surface area contributed by atoms with Crippen molar-refractivity contribution in [3.05, 3.63) is 27.6 Å². The van der Waals surface area contributed by atoms with E-state index in [9.17, 15) is 19.5 Å². The number of carbonyl (C=O) groups excluding carboxylic acids is 3. The number of halogens is 1. The monoisotopic (exact) mass is 412 g/mol. The van der Waals surface area contributed by atoms with E-state index in [0.717, 1.165) is 29.5 Å². The van der Waals surface area contributed by atoms with Crippen molar-refractivity contribution < 1.29 is 24.2 Å². The molecule has 0 radical (unpaired) electrons. The minimum atomic E-state index is -0.544. The van der Waals surface area contributed by atoms with Gasteiger partial charge in [-0.05, 0) is 48.9 Å². The fourth-order valence-corrected chi connectivity index (χ4v) is 3.39. The Labute approximate surface area is 166 Å². The molecule has 2 N–H and O–H groups in total.